The van der Waals surface area contributed by atoms with Gasteiger partial charge in [-0.15, -0.1) is 0 Å². The Hall–Kier alpha value is -4.01. The quantitative estimate of drug-likeness (QED) is 0.326. The van der Waals surface area contributed by atoms with Gasteiger partial charge in [0, 0.05) is 18.7 Å². The highest BCUT2D eigenvalue weighted by atomic mass is 16.6. The minimum Gasteiger partial charge on any atom is -0.452 e. The first-order valence-corrected chi connectivity index (χ1v) is 8.15. The molecule has 0 aliphatic rings. The Morgan fingerprint density at radius 3 is 2.43 bits per heavy atom. The van der Waals surface area contributed by atoms with Crippen LogP contribution in [0.4, 0.5) is 10.5 Å². The standard InChI is InChI=1S/C19H17N3O6/c23-17(21-19(25)20-12-14-6-2-1-3-7-14)13-28-18(24)11-10-15-8-4-5-9-16(15)22(26)27/h1-11H,12-13H2,(H2,20,21,23,25). The van der Waals surface area contributed by atoms with Crippen molar-refractivity contribution in [2.75, 3.05) is 6.61 Å². The average molecular weight is 383 g/mol. The van der Waals surface area contributed by atoms with Crippen molar-refractivity contribution < 1.29 is 24.0 Å². The molecule has 28 heavy (non-hydrogen) atoms. The second kappa shape index (κ2) is 10.2. The lowest BCUT2D eigenvalue weighted by molar-refractivity contribution is -0.385. The van der Waals surface area contributed by atoms with Crippen LogP contribution in [0.15, 0.2) is 60.7 Å². The van der Waals surface area contributed by atoms with Crippen molar-refractivity contribution in [3.05, 3.63) is 81.9 Å². The van der Waals surface area contributed by atoms with Crippen molar-refractivity contribution in [3.8, 4) is 0 Å². The van der Waals surface area contributed by atoms with Gasteiger partial charge in [-0.3, -0.25) is 20.2 Å². The molecule has 2 aromatic rings. The topological polar surface area (TPSA) is 128 Å². The number of para-hydroxylation sites is 1. The predicted molar refractivity (Wildman–Crippen MR) is 99.9 cm³/mol. The molecule has 0 atom stereocenters. The van der Waals surface area contributed by atoms with Crippen LogP contribution in [0, 0.1) is 10.1 Å². The van der Waals surface area contributed by atoms with E-state index in [4.69, 9.17) is 4.74 Å². The van der Waals surface area contributed by atoms with Crippen molar-refractivity contribution in [2.24, 2.45) is 0 Å². The Kier molecular flexibility index (Phi) is 7.41. The van der Waals surface area contributed by atoms with Crippen molar-refractivity contribution in [3.63, 3.8) is 0 Å². The number of benzene rings is 2. The van der Waals surface area contributed by atoms with Crippen LogP contribution in [-0.2, 0) is 20.9 Å². The van der Waals surface area contributed by atoms with Crippen LogP contribution < -0.4 is 10.6 Å². The van der Waals surface area contributed by atoms with E-state index in [0.717, 1.165) is 11.6 Å². The molecule has 2 aromatic carbocycles. The average Bonchev–Trinajstić information content (AvgIpc) is 2.70. The fraction of sp³-hybridized carbons (Fsp3) is 0.105. The van der Waals surface area contributed by atoms with Gasteiger partial charge in [-0.25, -0.2) is 9.59 Å². The number of carbonyl (C=O) groups excluding carboxylic acids is 3. The molecular formula is C19H17N3O6. The maximum Gasteiger partial charge on any atom is 0.331 e. The van der Waals surface area contributed by atoms with Crippen LogP contribution in [0.3, 0.4) is 0 Å². The van der Waals surface area contributed by atoms with Crippen LogP contribution in [0.25, 0.3) is 6.08 Å². The third-order valence-electron chi connectivity index (χ3n) is 3.43. The Balaban J connectivity index is 1.75. The zero-order valence-corrected chi connectivity index (χ0v) is 14.7. The first-order chi connectivity index (χ1) is 13.5. The number of ether oxygens (including phenoxy) is 1. The molecule has 2 rings (SSSR count). The number of nitrogens with zero attached hydrogens (tertiary/aromatic N) is 1. The van der Waals surface area contributed by atoms with Crippen molar-refractivity contribution in [1.29, 1.82) is 0 Å². The summed E-state index contributed by atoms with van der Waals surface area (Å²) in [5, 5.41) is 15.4. The zero-order chi connectivity index (χ0) is 20.4. The fourth-order valence-corrected chi connectivity index (χ4v) is 2.12. The van der Waals surface area contributed by atoms with E-state index in [0.29, 0.717) is 0 Å². The summed E-state index contributed by atoms with van der Waals surface area (Å²) in [7, 11) is 0. The number of nitrogens with one attached hydrogen (secondary N) is 2. The summed E-state index contributed by atoms with van der Waals surface area (Å²) in [6.07, 6.45) is 2.18. The van der Waals surface area contributed by atoms with Gasteiger partial charge in [-0.1, -0.05) is 42.5 Å². The normalized spacial score (nSPS) is 10.3. The minimum absolute atomic E-state index is 0.167. The van der Waals surface area contributed by atoms with Gasteiger partial charge in [-0.05, 0) is 17.7 Å². The number of hydrogen-bond acceptors (Lipinski definition) is 6. The summed E-state index contributed by atoms with van der Waals surface area (Å²) in [6.45, 7) is -0.433. The number of nitro groups is 1. The molecule has 0 aromatic heterocycles. The van der Waals surface area contributed by atoms with Gasteiger partial charge in [0.1, 0.15) is 0 Å². The third kappa shape index (κ3) is 6.71. The van der Waals surface area contributed by atoms with E-state index >= 15 is 0 Å². The Morgan fingerprint density at radius 1 is 1.04 bits per heavy atom. The fourth-order valence-electron chi connectivity index (χ4n) is 2.12. The van der Waals surface area contributed by atoms with E-state index in [1.54, 1.807) is 6.07 Å². The molecular weight excluding hydrogens is 366 g/mol. The minimum atomic E-state index is -0.877. The second-order valence-electron chi connectivity index (χ2n) is 5.47. The van der Waals surface area contributed by atoms with E-state index < -0.39 is 29.4 Å². The monoisotopic (exact) mass is 383 g/mol. The molecule has 0 saturated carbocycles. The highest BCUT2D eigenvalue weighted by molar-refractivity contribution is 5.96. The number of nitro benzene ring substituents is 1. The summed E-state index contributed by atoms with van der Waals surface area (Å²) < 4.78 is 4.70. The highest BCUT2D eigenvalue weighted by Crippen LogP contribution is 2.18. The first-order valence-electron chi connectivity index (χ1n) is 8.15. The molecule has 144 valence electrons. The molecule has 0 bridgehead atoms. The summed E-state index contributed by atoms with van der Waals surface area (Å²) in [5.41, 5.74) is 0.908. The lowest BCUT2D eigenvalue weighted by Gasteiger charge is -2.07. The number of imide groups is 1. The van der Waals surface area contributed by atoms with E-state index in [2.05, 4.69) is 5.32 Å². The number of amides is 3. The molecule has 9 nitrogen and oxygen atoms in total. The van der Waals surface area contributed by atoms with Crippen LogP contribution >= 0.6 is 0 Å². The van der Waals surface area contributed by atoms with Gasteiger partial charge in [0.05, 0.1) is 10.5 Å². The Labute approximate surface area is 160 Å². The second-order valence-corrected chi connectivity index (χ2v) is 5.47. The lowest BCUT2D eigenvalue weighted by atomic mass is 10.1. The van der Waals surface area contributed by atoms with Crippen molar-refractivity contribution in [1.82, 2.24) is 10.6 Å². The van der Waals surface area contributed by atoms with E-state index in [9.17, 15) is 24.5 Å². The molecule has 0 unspecified atom stereocenters. The van der Waals surface area contributed by atoms with Crippen LogP contribution in [-0.4, -0.2) is 29.4 Å². The molecule has 0 aliphatic heterocycles. The molecule has 0 saturated heterocycles. The summed E-state index contributed by atoms with van der Waals surface area (Å²) in [6, 6.07) is 14.2. The van der Waals surface area contributed by atoms with Crippen LogP contribution in [0.5, 0.6) is 0 Å². The van der Waals surface area contributed by atoms with Crippen molar-refractivity contribution in [2.45, 2.75) is 6.54 Å². The predicted octanol–water partition coefficient (Wildman–Crippen LogP) is 2.18. The molecule has 9 heteroatoms. The number of hydrogen-bond donors (Lipinski definition) is 2. The summed E-state index contributed by atoms with van der Waals surface area (Å²) >= 11 is 0. The maximum atomic E-state index is 11.6. The molecule has 0 fully saturated rings. The molecule has 0 heterocycles. The third-order valence-corrected chi connectivity index (χ3v) is 3.43. The number of carbonyl (C=O) groups is 3. The first kappa shape index (κ1) is 20.3. The van der Waals surface area contributed by atoms with Crippen molar-refractivity contribution >= 4 is 29.7 Å². The van der Waals surface area contributed by atoms with E-state index in [1.807, 2.05) is 35.6 Å². The molecule has 0 radical (unpaired) electrons. The number of urea groups is 1. The SMILES string of the molecule is O=C(COC(=O)C=Cc1ccccc1[N+](=O)[O-])NC(=O)NCc1ccccc1. The lowest BCUT2D eigenvalue weighted by Crippen LogP contribution is -2.41. The van der Waals surface area contributed by atoms with Crippen LogP contribution in [0.2, 0.25) is 0 Å². The Morgan fingerprint density at radius 2 is 1.71 bits per heavy atom. The van der Waals surface area contributed by atoms with Gasteiger partial charge in [0.2, 0.25) is 0 Å². The number of esters is 1. The van der Waals surface area contributed by atoms with Gasteiger partial charge in [-0.2, -0.15) is 0 Å². The highest BCUT2D eigenvalue weighted by Gasteiger charge is 2.11. The number of rotatable bonds is 7. The molecule has 2 N–H and O–H groups in total. The Bertz CT molecular complexity index is 896. The largest absolute Gasteiger partial charge is 0.452 e. The zero-order valence-electron chi connectivity index (χ0n) is 14.7. The maximum absolute atomic E-state index is 11.6. The van der Waals surface area contributed by atoms with E-state index in [-0.39, 0.29) is 17.8 Å². The van der Waals surface area contributed by atoms with Gasteiger partial charge in [0.25, 0.3) is 11.6 Å². The van der Waals surface area contributed by atoms with E-state index in [1.165, 1.54) is 24.3 Å². The smallest absolute Gasteiger partial charge is 0.331 e. The summed E-state index contributed by atoms with van der Waals surface area (Å²) in [5.74, 6) is -1.68. The van der Waals surface area contributed by atoms with Gasteiger partial charge >= 0.3 is 12.0 Å². The van der Waals surface area contributed by atoms with Gasteiger partial charge in [0.15, 0.2) is 6.61 Å². The summed E-state index contributed by atoms with van der Waals surface area (Å²) in [4.78, 5) is 45.2. The molecule has 0 aliphatic carbocycles. The van der Waals surface area contributed by atoms with Gasteiger partial charge < -0.3 is 10.1 Å². The molecule has 0 spiro atoms. The van der Waals surface area contributed by atoms with Crippen LogP contribution in [0.1, 0.15) is 11.1 Å². The molecule has 3 amide bonds.